The predicted octanol–water partition coefficient (Wildman–Crippen LogP) is 3.47. The first-order chi connectivity index (χ1) is 7.81. The van der Waals surface area contributed by atoms with E-state index in [4.69, 9.17) is 4.74 Å². The van der Waals surface area contributed by atoms with E-state index in [0.29, 0.717) is 0 Å². The fourth-order valence-electron chi connectivity index (χ4n) is 1.58. The highest BCUT2D eigenvalue weighted by molar-refractivity contribution is 5.81. The van der Waals surface area contributed by atoms with Crippen molar-refractivity contribution in [3.05, 3.63) is 35.9 Å². The molecular weight excluding hydrogens is 200 g/mol. The van der Waals surface area contributed by atoms with Gasteiger partial charge in [-0.05, 0) is 42.2 Å². The van der Waals surface area contributed by atoms with E-state index in [-0.39, 0.29) is 0 Å². The molecule has 0 spiro atoms. The Morgan fingerprint density at radius 1 is 1.31 bits per heavy atom. The highest BCUT2D eigenvalue weighted by Crippen LogP contribution is 2.22. The maximum absolute atomic E-state index is 10.6. The second-order valence-electron chi connectivity index (χ2n) is 3.66. The van der Waals surface area contributed by atoms with Crippen molar-refractivity contribution in [1.29, 1.82) is 0 Å². The van der Waals surface area contributed by atoms with Crippen LogP contribution in [-0.4, -0.2) is 13.4 Å². The van der Waals surface area contributed by atoms with Crippen LogP contribution < -0.4 is 4.74 Å². The van der Waals surface area contributed by atoms with Crippen molar-refractivity contribution in [1.82, 2.24) is 0 Å². The van der Waals surface area contributed by atoms with Crippen LogP contribution in [0.2, 0.25) is 0 Å². The molecule has 0 amide bonds. The lowest BCUT2D eigenvalue weighted by Crippen LogP contribution is -1.88. The van der Waals surface area contributed by atoms with Crippen LogP contribution in [0.5, 0.6) is 5.75 Å². The first-order valence-electron chi connectivity index (χ1n) is 5.60. The molecule has 1 aromatic carbocycles. The first kappa shape index (κ1) is 12.5. The Morgan fingerprint density at radius 3 is 2.50 bits per heavy atom. The number of ether oxygens (including phenoxy) is 1. The van der Waals surface area contributed by atoms with E-state index in [1.807, 2.05) is 24.3 Å². The van der Waals surface area contributed by atoms with Gasteiger partial charge in [-0.3, -0.25) is 4.79 Å². The van der Waals surface area contributed by atoms with Crippen LogP contribution in [0.15, 0.2) is 30.3 Å². The standard InChI is InChI=1S/C14H18O2/c1-3-4-5-12(10-11-15)13-6-8-14(16-2)9-7-13/h6-11H,3-5H2,1-2H3. The minimum atomic E-state index is 0.838. The van der Waals surface area contributed by atoms with E-state index in [9.17, 15) is 4.79 Å². The normalized spacial score (nSPS) is 11.2. The van der Waals surface area contributed by atoms with Crippen molar-refractivity contribution in [3.63, 3.8) is 0 Å². The van der Waals surface area contributed by atoms with E-state index < -0.39 is 0 Å². The molecule has 1 aromatic rings. The number of hydrogen-bond acceptors (Lipinski definition) is 2. The quantitative estimate of drug-likeness (QED) is 0.540. The molecule has 86 valence electrons. The van der Waals surface area contributed by atoms with Gasteiger partial charge in [0.05, 0.1) is 7.11 Å². The van der Waals surface area contributed by atoms with Gasteiger partial charge < -0.3 is 4.74 Å². The molecule has 0 saturated heterocycles. The number of carbonyl (C=O) groups is 1. The average molecular weight is 218 g/mol. The van der Waals surface area contributed by atoms with E-state index in [2.05, 4.69) is 6.92 Å². The fourth-order valence-corrected chi connectivity index (χ4v) is 1.58. The Kier molecular flexibility index (Phi) is 5.34. The third-order valence-electron chi connectivity index (χ3n) is 2.53. The lowest BCUT2D eigenvalue weighted by atomic mass is 10.00. The summed E-state index contributed by atoms with van der Waals surface area (Å²) in [6, 6.07) is 7.81. The molecule has 0 atom stereocenters. The lowest BCUT2D eigenvalue weighted by Gasteiger charge is -2.07. The SMILES string of the molecule is CCCCC(=CC=O)c1ccc(OC)cc1. The summed E-state index contributed by atoms with van der Waals surface area (Å²) in [5.74, 6) is 0.838. The fraction of sp³-hybridized carbons (Fsp3) is 0.357. The Hall–Kier alpha value is -1.57. The van der Waals surface area contributed by atoms with Gasteiger partial charge in [0, 0.05) is 0 Å². The average Bonchev–Trinajstić information content (AvgIpc) is 2.35. The van der Waals surface area contributed by atoms with Crippen molar-refractivity contribution < 1.29 is 9.53 Å². The highest BCUT2D eigenvalue weighted by Gasteiger charge is 2.01. The number of unbranched alkanes of at least 4 members (excludes halogenated alkanes) is 1. The molecule has 0 saturated carbocycles. The van der Waals surface area contributed by atoms with Gasteiger partial charge in [0.1, 0.15) is 12.0 Å². The molecule has 0 aliphatic heterocycles. The number of allylic oxidation sites excluding steroid dienone is 2. The zero-order valence-electron chi connectivity index (χ0n) is 9.90. The molecule has 1 rings (SSSR count). The van der Waals surface area contributed by atoms with Crippen LogP contribution in [0.25, 0.3) is 5.57 Å². The van der Waals surface area contributed by atoms with Gasteiger partial charge in [-0.25, -0.2) is 0 Å². The van der Waals surface area contributed by atoms with E-state index in [0.717, 1.165) is 42.4 Å². The summed E-state index contributed by atoms with van der Waals surface area (Å²) in [5.41, 5.74) is 2.20. The summed E-state index contributed by atoms with van der Waals surface area (Å²) in [7, 11) is 1.65. The number of carbonyl (C=O) groups excluding carboxylic acids is 1. The van der Waals surface area contributed by atoms with Gasteiger partial charge >= 0.3 is 0 Å². The number of hydrogen-bond donors (Lipinski definition) is 0. The van der Waals surface area contributed by atoms with Crippen molar-refractivity contribution >= 4 is 11.9 Å². The minimum Gasteiger partial charge on any atom is -0.497 e. The smallest absolute Gasteiger partial charge is 0.143 e. The van der Waals surface area contributed by atoms with Crippen molar-refractivity contribution in [3.8, 4) is 5.75 Å². The molecule has 0 aliphatic carbocycles. The van der Waals surface area contributed by atoms with Crippen LogP contribution in [0.3, 0.4) is 0 Å². The van der Waals surface area contributed by atoms with Gasteiger partial charge in [0.25, 0.3) is 0 Å². The van der Waals surface area contributed by atoms with Crippen molar-refractivity contribution in [2.75, 3.05) is 7.11 Å². The zero-order valence-corrected chi connectivity index (χ0v) is 9.90. The summed E-state index contributed by atoms with van der Waals surface area (Å²) in [6.07, 6.45) is 5.69. The Morgan fingerprint density at radius 2 is 2.00 bits per heavy atom. The van der Waals surface area contributed by atoms with E-state index >= 15 is 0 Å². The summed E-state index contributed by atoms with van der Waals surface area (Å²) in [4.78, 5) is 10.6. The zero-order chi connectivity index (χ0) is 11.8. The third-order valence-corrected chi connectivity index (χ3v) is 2.53. The van der Waals surface area contributed by atoms with Crippen molar-refractivity contribution in [2.24, 2.45) is 0 Å². The van der Waals surface area contributed by atoms with Gasteiger partial charge in [-0.1, -0.05) is 25.5 Å². The van der Waals surface area contributed by atoms with Gasteiger partial charge in [0.15, 0.2) is 0 Å². The molecule has 0 heterocycles. The molecule has 2 nitrogen and oxygen atoms in total. The third kappa shape index (κ3) is 3.54. The molecule has 0 N–H and O–H groups in total. The van der Waals surface area contributed by atoms with Crippen molar-refractivity contribution in [2.45, 2.75) is 26.2 Å². The molecule has 0 unspecified atom stereocenters. The molecule has 0 aliphatic rings. The highest BCUT2D eigenvalue weighted by atomic mass is 16.5. The Labute approximate surface area is 96.9 Å². The van der Waals surface area contributed by atoms with Crippen LogP contribution in [0.1, 0.15) is 31.7 Å². The van der Waals surface area contributed by atoms with Gasteiger partial charge in [0.2, 0.25) is 0 Å². The van der Waals surface area contributed by atoms with Crippen LogP contribution in [0.4, 0.5) is 0 Å². The predicted molar refractivity (Wildman–Crippen MR) is 66.6 cm³/mol. The minimum absolute atomic E-state index is 0.838. The van der Waals surface area contributed by atoms with E-state index in [1.165, 1.54) is 0 Å². The Balaban J connectivity index is 2.84. The monoisotopic (exact) mass is 218 g/mol. The lowest BCUT2D eigenvalue weighted by molar-refractivity contribution is -0.104. The number of methoxy groups -OCH3 is 1. The summed E-state index contributed by atoms with van der Waals surface area (Å²) < 4.78 is 5.10. The van der Waals surface area contributed by atoms with Gasteiger partial charge in [-0.2, -0.15) is 0 Å². The van der Waals surface area contributed by atoms with Crippen LogP contribution >= 0.6 is 0 Å². The second kappa shape index (κ2) is 6.83. The molecular formula is C14H18O2. The molecule has 16 heavy (non-hydrogen) atoms. The maximum Gasteiger partial charge on any atom is 0.143 e. The largest absolute Gasteiger partial charge is 0.497 e. The summed E-state index contributed by atoms with van der Waals surface area (Å²) in [5, 5.41) is 0. The maximum atomic E-state index is 10.6. The van der Waals surface area contributed by atoms with Gasteiger partial charge in [-0.15, -0.1) is 0 Å². The van der Waals surface area contributed by atoms with E-state index in [1.54, 1.807) is 13.2 Å². The summed E-state index contributed by atoms with van der Waals surface area (Å²) in [6.45, 7) is 2.15. The Bertz CT molecular complexity index is 350. The number of rotatable bonds is 6. The molecule has 0 aromatic heterocycles. The molecule has 2 heteroatoms. The molecule has 0 fully saturated rings. The topological polar surface area (TPSA) is 26.3 Å². The van der Waals surface area contributed by atoms with Crippen LogP contribution in [0, 0.1) is 0 Å². The van der Waals surface area contributed by atoms with Crippen LogP contribution in [-0.2, 0) is 4.79 Å². The molecule has 0 bridgehead atoms. The second-order valence-corrected chi connectivity index (χ2v) is 3.66. The number of benzene rings is 1. The number of aldehydes is 1. The summed E-state index contributed by atoms with van der Waals surface area (Å²) >= 11 is 0. The molecule has 0 radical (unpaired) electrons. The first-order valence-corrected chi connectivity index (χ1v) is 5.60.